The Bertz CT molecular complexity index is 1230. The van der Waals surface area contributed by atoms with Crippen molar-refractivity contribution in [2.45, 2.75) is 88.6 Å². The number of aliphatic carboxylic acids is 1. The molecule has 2 amide bonds. The lowest BCUT2D eigenvalue weighted by Gasteiger charge is -2.55. The van der Waals surface area contributed by atoms with Gasteiger partial charge in [-0.3, -0.25) is 4.90 Å². The fourth-order valence-corrected chi connectivity index (χ4v) is 6.26. The monoisotopic (exact) mass is 550 g/mol. The molecule has 2 aromatic rings. The van der Waals surface area contributed by atoms with E-state index in [0.717, 1.165) is 22.3 Å². The maximum atomic E-state index is 13.8. The lowest BCUT2D eigenvalue weighted by Crippen LogP contribution is -2.72. The molecule has 9 nitrogen and oxygen atoms in total. The van der Waals surface area contributed by atoms with Crippen LogP contribution in [0, 0.1) is 0 Å². The van der Waals surface area contributed by atoms with E-state index < -0.39 is 35.3 Å². The molecule has 0 radical (unpaired) electrons. The number of benzene rings is 2. The summed E-state index contributed by atoms with van der Waals surface area (Å²) in [6, 6.07) is 15.4. The first-order chi connectivity index (χ1) is 19.0. The van der Waals surface area contributed by atoms with Crippen molar-refractivity contribution in [2.75, 3.05) is 13.2 Å². The largest absolute Gasteiger partial charge is 0.479 e. The third-order valence-corrected chi connectivity index (χ3v) is 8.12. The van der Waals surface area contributed by atoms with E-state index in [9.17, 15) is 19.5 Å². The van der Waals surface area contributed by atoms with Crippen LogP contribution in [0.5, 0.6) is 0 Å². The number of carbonyl (C=O) groups is 3. The van der Waals surface area contributed by atoms with Crippen LogP contribution >= 0.6 is 0 Å². The van der Waals surface area contributed by atoms with E-state index in [-0.39, 0.29) is 37.5 Å². The number of hydrogen-bond acceptors (Lipinski definition) is 6. The normalized spacial score (nSPS) is 25.1. The van der Waals surface area contributed by atoms with Crippen molar-refractivity contribution in [1.29, 1.82) is 0 Å². The third-order valence-electron chi connectivity index (χ3n) is 8.12. The fraction of sp³-hybridized carbons (Fsp3) is 0.516. The molecule has 2 N–H and O–H groups in total. The van der Waals surface area contributed by atoms with Crippen molar-refractivity contribution in [1.82, 2.24) is 10.2 Å². The Labute approximate surface area is 234 Å². The Kier molecular flexibility index (Phi) is 7.52. The zero-order valence-electron chi connectivity index (χ0n) is 23.5. The summed E-state index contributed by atoms with van der Waals surface area (Å²) in [6.45, 7) is 7.85. The van der Waals surface area contributed by atoms with Crippen molar-refractivity contribution < 1.29 is 33.7 Å². The topological polar surface area (TPSA) is 114 Å². The van der Waals surface area contributed by atoms with E-state index in [4.69, 9.17) is 14.2 Å². The summed E-state index contributed by atoms with van der Waals surface area (Å²) in [6.07, 6.45) is -0.0675. The zero-order valence-corrected chi connectivity index (χ0v) is 23.5. The van der Waals surface area contributed by atoms with E-state index in [0.29, 0.717) is 19.4 Å². The average Bonchev–Trinajstić information content (AvgIpc) is 3.16. The number of carboxylic acids is 1. The van der Waals surface area contributed by atoms with Crippen LogP contribution in [0.3, 0.4) is 0 Å². The fourth-order valence-electron chi connectivity index (χ4n) is 6.26. The molecule has 0 aliphatic heterocycles. The molecule has 0 spiro atoms. The molecule has 5 rings (SSSR count). The highest BCUT2D eigenvalue weighted by Crippen LogP contribution is 2.46. The molecule has 40 heavy (non-hydrogen) atoms. The van der Waals surface area contributed by atoms with Crippen LogP contribution in [0.2, 0.25) is 0 Å². The van der Waals surface area contributed by atoms with Crippen molar-refractivity contribution in [3.63, 3.8) is 0 Å². The Hall–Kier alpha value is -3.59. The van der Waals surface area contributed by atoms with Gasteiger partial charge in [0.2, 0.25) is 0 Å². The summed E-state index contributed by atoms with van der Waals surface area (Å²) in [5.41, 5.74) is 2.25. The van der Waals surface area contributed by atoms with Crippen LogP contribution in [0.25, 0.3) is 11.1 Å². The lowest BCUT2D eigenvalue weighted by molar-refractivity contribution is -0.167. The van der Waals surface area contributed by atoms with Crippen molar-refractivity contribution in [2.24, 2.45) is 0 Å². The van der Waals surface area contributed by atoms with E-state index >= 15 is 0 Å². The highest BCUT2D eigenvalue weighted by atomic mass is 16.6. The summed E-state index contributed by atoms with van der Waals surface area (Å²) >= 11 is 0. The van der Waals surface area contributed by atoms with Gasteiger partial charge in [-0.2, -0.15) is 0 Å². The van der Waals surface area contributed by atoms with Gasteiger partial charge in [-0.25, -0.2) is 14.4 Å². The molecule has 2 aromatic carbocycles. The van der Waals surface area contributed by atoms with Gasteiger partial charge in [-0.1, -0.05) is 48.5 Å². The Morgan fingerprint density at radius 2 is 1.57 bits per heavy atom. The summed E-state index contributed by atoms with van der Waals surface area (Å²) < 4.78 is 17.0. The second kappa shape index (κ2) is 10.8. The summed E-state index contributed by atoms with van der Waals surface area (Å²) in [5, 5.41) is 13.1. The number of alkyl carbamates (subject to hydrolysis) is 1. The summed E-state index contributed by atoms with van der Waals surface area (Å²) in [4.78, 5) is 40.2. The molecular weight excluding hydrogens is 512 g/mol. The maximum Gasteiger partial charge on any atom is 0.411 e. The quantitative estimate of drug-likeness (QED) is 0.457. The van der Waals surface area contributed by atoms with Gasteiger partial charge in [-0.05, 0) is 62.8 Å². The minimum absolute atomic E-state index is 0.0273. The Morgan fingerprint density at radius 1 is 1.00 bits per heavy atom. The summed E-state index contributed by atoms with van der Waals surface area (Å²) in [7, 11) is 0. The highest BCUT2D eigenvalue weighted by Gasteiger charge is 2.60. The van der Waals surface area contributed by atoms with Crippen molar-refractivity contribution >= 4 is 18.2 Å². The Balaban J connectivity index is 1.33. The standard InChI is InChI=1S/C31H38N2O7/c1-5-38-21-14-20(15-21)33(31(27(34)35)16-19(17-31)32-28(36)40-30(2,3)4)29(37)39-18-26-24-12-8-6-10-22(24)23-11-7-9-13-25(23)26/h6-13,19-21,26H,5,14-18H2,1-4H3,(H,32,36)(H,34,35). The SMILES string of the molecule is CCOC1CC(N(C(=O)OCC2c3ccccc3-c3ccccc32)C2(C(=O)O)CC(NC(=O)OC(C)(C)C)C2)C1. The van der Waals surface area contributed by atoms with Crippen LogP contribution < -0.4 is 5.32 Å². The number of nitrogens with one attached hydrogen (secondary N) is 1. The van der Waals surface area contributed by atoms with Crippen LogP contribution in [-0.4, -0.2) is 70.7 Å². The van der Waals surface area contributed by atoms with E-state index in [1.807, 2.05) is 43.3 Å². The van der Waals surface area contributed by atoms with Gasteiger partial charge in [-0.15, -0.1) is 0 Å². The van der Waals surface area contributed by atoms with Crippen LogP contribution in [0.15, 0.2) is 48.5 Å². The van der Waals surface area contributed by atoms with Gasteiger partial charge in [0.15, 0.2) is 0 Å². The molecule has 2 saturated carbocycles. The number of ether oxygens (including phenoxy) is 3. The number of carboxylic acid groups (broad SMARTS) is 1. The Morgan fingerprint density at radius 3 is 2.10 bits per heavy atom. The van der Waals surface area contributed by atoms with E-state index in [1.54, 1.807) is 20.8 Å². The van der Waals surface area contributed by atoms with Gasteiger partial charge in [0.1, 0.15) is 17.7 Å². The molecule has 3 aliphatic rings. The molecule has 0 atom stereocenters. The van der Waals surface area contributed by atoms with Crippen LogP contribution in [-0.2, 0) is 19.0 Å². The van der Waals surface area contributed by atoms with Gasteiger partial charge >= 0.3 is 18.2 Å². The zero-order chi connectivity index (χ0) is 28.7. The van der Waals surface area contributed by atoms with Crippen LogP contribution in [0.4, 0.5) is 9.59 Å². The average molecular weight is 551 g/mol. The second-order valence-corrected chi connectivity index (χ2v) is 12.0. The molecule has 2 fully saturated rings. The first kappa shape index (κ1) is 28.0. The van der Waals surface area contributed by atoms with Gasteiger partial charge < -0.3 is 24.6 Å². The molecule has 3 aliphatic carbocycles. The predicted molar refractivity (Wildman–Crippen MR) is 148 cm³/mol. The molecule has 0 bridgehead atoms. The lowest BCUT2D eigenvalue weighted by atomic mass is 9.69. The van der Waals surface area contributed by atoms with E-state index in [2.05, 4.69) is 17.4 Å². The summed E-state index contributed by atoms with van der Waals surface area (Å²) in [5.74, 6) is -1.25. The smallest absolute Gasteiger partial charge is 0.411 e. The molecule has 9 heteroatoms. The molecule has 214 valence electrons. The van der Waals surface area contributed by atoms with E-state index in [1.165, 1.54) is 4.90 Å². The molecule has 0 unspecified atom stereocenters. The number of amides is 2. The first-order valence-corrected chi connectivity index (χ1v) is 14.0. The number of carbonyl (C=O) groups excluding carboxylic acids is 2. The predicted octanol–water partition coefficient (Wildman–Crippen LogP) is 5.32. The molecule has 0 aromatic heterocycles. The number of hydrogen-bond donors (Lipinski definition) is 2. The van der Waals surface area contributed by atoms with Gasteiger partial charge in [0.25, 0.3) is 0 Å². The van der Waals surface area contributed by atoms with Crippen molar-refractivity contribution in [3.8, 4) is 11.1 Å². The number of rotatable bonds is 8. The molecular formula is C31H38N2O7. The minimum atomic E-state index is -1.48. The van der Waals surface area contributed by atoms with Crippen LogP contribution in [0.1, 0.15) is 70.4 Å². The highest BCUT2D eigenvalue weighted by molar-refractivity contribution is 5.87. The minimum Gasteiger partial charge on any atom is -0.479 e. The van der Waals surface area contributed by atoms with Gasteiger partial charge in [0, 0.05) is 37.5 Å². The first-order valence-electron chi connectivity index (χ1n) is 14.0. The number of nitrogens with zero attached hydrogens (tertiary/aromatic N) is 1. The van der Waals surface area contributed by atoms with Gasteiger partial charge in [0.05, 0.1) is 6.10 Å². The number of fused-ring (bicyclic) bond motifs is 3. The molecule has 0 saturated heterocycles. The second-order valence-electron chi connectivity index (χ2n) is 12.0. The molecule has 0 heterocycles. The third kappa shape index (κ3) is 5.27. The van der Waals surface area contributed by atoms with Crippen molar-refractivity contribution in [3.05, 3.63) is 59.7 Å². The maximum absolute atomic E-state index is 13.8.